The number of pyridine rings is 1. The fourth-order valence-corrected chi connectivity index (χ4v) is 3.08. The fourth-order valence-electron chi connectivity index (χ4n) is 2.37. The number of nitrogens with one attached hydrogen (secondary N) is 1. The summed E-state index contributed by atoms with van der Waals surface area (Å²) in [7, 11) is 0. The number of nitrogens with zero attached hydrogens (tertiary/aromatic N) is 4. The Balaban J connectivity index is 1.77. The van der Waals surface area contributed by atoms with E-state index in [0.717, 1.165) is 10.1 Å². The largest absolute Gasteiger partial charge is 0.416 e. The topological polar surface area (TPSA) is 107 Å². The Morgan fingerprint density at radius 1 is 1.38 bits per heavy atom. The standard InChI is InChI=1S/C17H17N5O3S/c1-3-7-22-15(23)13(11(2)19-16(22)24)8-14-20-21-17(25-14)26-10-12-5-4-6-18-9-12/h3-6,9H,1,7-8,10H2,2H3,(H,19,24). The van der Waals surface area contributed by atoms with Crippen LogP contribution in [-0.2, 0) is 18.7 Å². The van der Waals surface area contributed by atoms with Crippen LogP contribution in [-0.4, -0.2) is 24.7 Å². The minimum atomic E-state index is -0.464. The lowest BCUT2D eigenvalue weighted by atomic mass is 10.1. The van der Waals surface area contributed by atoms with Crippen LogP contribution in [0.1, 0.15) is 22.7 Å². The summed E-state index contributed by atoms with van der Waals surface area (Å²) in [5.74, 6) is 0.968. The first-order chi connectivity index (χ1) is 12.6. The molecular weight excluding hydrogens is 354 g/mol. The van der Waals surface area contributed by atoms with E-state index in [-0.39, 0.29) is 18.5 Å². The first kappa shape index (κ1) is 17.9. The van der Waals surface area contributed by atoms with Gasteiger partial charge < -0.3 is 9.40 Å². The molecule has 0 unspecified atom stereocenters. The van der Waals surface area contributed by atoms with Crippen LogP contribution in [0.4, 0.5) is 0 Å². The number of hydrogen-bond donors (Lipinski definition) is 1. The molecule has 0 aromatic carbocycles. The molecule has 0 bridgehead atoms. The summed E-state index contributed by atoms with van der Waals surface area (Å²) < 4.78 is 6.70. The molecular formula is C17H17N5O3S. The molecule has 0 radical (unpaired) electrons. The predicted molar refractivity (Wildman–Crippen MR) is 97.2 cm³/mol. The average molecular weight is 371 g/mol. The van der Waals surface area contributed by atoms with Crippen molar-refractivity contribution in [3.8, 4) is 0 Å². The molecule has 0 saturated carbocycles. The monoisotopic (exact) mass is 371 g/mol. The number of hydrogen-bond acceptors (Lipinski definition) is 7. The number of aromatic amines is 1. The number of H-pyrrole nitrogens is 1. The molecule has 26 heavy (non-hydrogen) atoms. The molecule has 0 aliphatic carbocycles. The smallest absolute Gasteiger partial charge is 0.328 e. The van der Waals surface area contributed by atoms with Crippen molar-refractivity contribution in [2.75, 3.05) is 0 Å². The average Bonchev–Trinajstić information content (AvgIpc) is 3.09. The zero-order valence-corrected chi connectivity index (χ0v) is 15.0. The summed E-state index contributed by atoms with van der Waals surface area (Å²) >= 11 is 1.39. The number of allylic oxidation sites excluding steroid dienone is 1. The van der Waals surface area contributed by atoms with Gasteiger partial charge in [0.2, 0.25) is 5.89 Å². The van der Waals surface area contributed by atoms with Gasteiger partial charge in [0.1, 0.15) is 0 Å². The SMILES string of the molecule is C=CCn1c(=O)[nH]c(C)c(Cc2nnc(SCc3cccnc3)o2)c1=O. The summed E-state index contributed by atoms with van der Waals surface area (Å²) in [6.45, 7) is 5.37. The van der Waals surface area contributed by atoms with Gasteiger partial charge in [0, 0.05) is 35.9 Å². The van der Waals surface area contributed by atoms with Gasteiger partial charge >= 0.3 is 5.69 Å². The van der Waals surface area contributed by atoms with Crippen LogP contribution in [0.5, 0.6) is 0 Å². The molecule has 1 N–H and O–H groups in total. The summed E-state index contributed by atoms with van der Waals surface area (Å²) in [6.07, 6.45) is 5.13. The van der Waals surface area contributed by atoms with Crippen molar-refractivity contribution in [2.45, 2.75) is 30.9 Å². The Bertz CT molecular complexity index is 1020. The Morgan fingerprint density at radius 2 is 2.23 bits per heavy atom. The Morgan fingerprint density at radius 3 is 2.96 bits per heavy atom. The fraction of sp³-hybridized carbons (Fsp3) is 0.235. The van der Waals surface area contributed by atoms with E-state index >= 15 is 0 Å². The van der Waals surface area contributed by atoms with E-state index in [1.807, 2.05) is 12.1 Å². The van der Waals surface area contributed by atoms with Crippen LogP contribution < -0.4 is 11.2 Å². The van der Waals surface area contributed by atoms with E-state index in [9.17, 15) is 9.59 Å². The van der Waals surface area contributed by atoms with E-state index < -0.39 is 5.69 Å². The van der Waals surface area contributed by atoms with Gasteiger partial charge in [-0.3, -0.25) is 14.3 Å². The summed E-state index contributed by atoms with van der Waals surface area (Å²) in [5.41, 5.74) is 1.10. The van der Waals surface area contributed by atoms with E-state index in [1.165, 1.54) is 17.8 Å². The Hall–Kier alpha value is -2.94. The molecule has 0 fully saturated rings. The van der Waals surface area contributed by atoms with Crippen LogP contribution in [0.3, 0.4) is 0 Å². The van der Waals surface area contributed by atoms with E-state index in [4.69, 9.17) is 4.42 Å². The highest BCUT2D eigenvalue weighted by Crippen LogP contribution is 2.21. The van der Waals surface area contributed by atoms with Crippen LogP contribution in [0.2, 0.25) is 0 Å². The summed E-state index contributed by atoms with van der Waals surface area (Å²) in [6, 6.07) is 3.82. The van der Waals surface area contributed by atoms with Gasteiger partial charge in [-0.05, 0) is 18.6 Å². The van der Waals surface area contributed by atoms with Crippen molar-refractivity contribution < 1.29 is 4.42 Å². The maximum absolute atomic E-state index is 12.5. The van der Waals surface area contributed by atoms with Crippen molar-refractivity contribution in [1.82, 2.24) is 24.7 Å². The number of thioether (sulfide) groups is 1. The summed E-state index contributed by atoms with van der Waals surface area (Å²) in [5, 5.41) is 8.40. The second kappa shape index (κ2) is 7.96. The second-order valence-corrected chi connectivity index (χ2v) is 6.45. The highest BCUT2D eigenvalue weighted by atomic mass is 32.2. The third-order valence-electron chi connectivity index (χ3n) is 3.67. The molecule has 0 saturated heterocycles. The van der Waals surface area contributed by atoms with Crippen LogP contribution in [0.15, 0.2) is 56.4 Å². The third-order valence-corrected chi connectivity index (χ3v) is 4.56. The summed E-state index contributed by atoms with van der Waals surface area (Å²) in [4.78, 5) is 31.1. The van der Waals surface area contributed by atoms with E-state index in [1.54, 1.807) is 19.3 Å². The zero-order chi connectivity index (χ0) is 18.5. The number of aryl methyl sites for hydroxylation is 1. The van der Waals surface area contributed by atoms with Gasteiger partial charge in [0.15, 0.2) is 0 Å². The quantitative estimate of drug-likeness (QED) is 0.497. The maximum atomic E-state index is 12.5. The normalized spacial score (nSPS) is 10.8. The van der Waals surface area contributed by atoms with Crippen LogP contribution in [0, 0.1) is 6.92 Å². The molecule has 3 aromatic heterocycles. The van der Waals surface area contributed by atoms with Gasteiger partial charge in [0.05, 0.1) is 6.42 Å². The molecule has 3 heterocycles. The van der Waals surface area contributed by atoms with Crippen molar-refractivity contribution in [3.63, 3.8) is 0 Å². The van der Waals surface area contributed by atoms with Crippen molar-refractivity contribution >= 4 is 11.8 Å². The maximum Gasteiger partial charge on any atom is 0.328 e. The molecule has 0 atom stereocenters. The Labute approximate surface area is 153 Å². The number of rotatable bonds is 7. The predicted octanol–water partition coefficient (Wildman–Crippen LogP) is 1.69. The molecule has 0 spiro atoms. The van der Waals surface area contributed by atoms with Gasteiger partial charge in [-0.15, -0.1) is 16.8 Å². The molecule has 0 aliphatic heterocycles. The van der Waals surface area contributed by atoms with Crippen molar-refractivity contribution in [1.29, 1.82) is 0 Å². The molecule has 0 aliphatic rings. The molecule has 3 aromatic rings. The molecule has 0 amide bonds. The zero-order valence-electron chi connectivity index (χ0n) is 14.1. The Kier molecular flexibility index (Phi) is 5.47. The van der Waals surface area contributed by atoms with Crippen LogP contribution >= 0.6 is 11.8 Å². The lowest BCUT2D eigenvalue weighted by molar-refractivity contribution is 0.419. The highest BCUT2D eigenvalue weighted by Gasteiger charge is 2.15. The minimum Gasteiger partial charge on any atom is -0.416 e. The highest BCUT2D eigenvalue weighted by molar-refractivity contribution is 7.98. The van der Waals surface area contributed by atoms with Gasteiger partial charge in [-0.25, -0.2) is 4.79 Å². The van der Waals surface area contributed by atoms with Crippen molar-refractivity contribution in [2.24, 2.45) is 0 Å². The first-order valence-electron chi connectivity index (χ1n) is 7.86. The van der Waals surface area contributed by atoms with Gasteiger partial charge in [0.25, 0.3) is 10.8 Å². The molecule has 3 rings (SSSR count). The van der Waals surface area contributed by atoms with Gasteiger partial charge in [-0.2, -0.15) is 0 Å². The lowest BCUT2D eigenvalue weighted by Gasteiger charge is -2.06. The first-order valence-corrected chi connectivity index (χ1v) is 8.84. The second-order valence-electron chi connectivity index (χ2n) is 5.53. The molecule has 8 nitrogen and oxygen atoms in total. The third kappa shape index (κ3) is 3.99. The van der Waals surface area contributed by atoms with E-state index in [0.29, 0.717) is 28.1 Å². The van der Waals surface area contributed by atoms with Gasteiger partial charge in [-0.1, -0.05) is 23.9 Å². The van der Waals surface area contributed by atoms with E-state index in [2.05, 4.69) is 26.7 Å². The van der Waals surface area contributed by atoms with Crippen LogP contribution in [0.25, 0.3) is 0 Å². The molecule has 134 valence electrons. The van der Waals surface area contributed by atoms with Crippen molar-refractivity contribution in [3.05, 3.63) is 80.7 Å². The number of aromatic nitrogens is 5. The minimum absolute atomic E-state index is 0.136. The lowest BCUT2D eigenvalue weighted by Crippen LogP contribution is -2.37. The molecule has 9 heteroatoms.